The molecule has 8 nitrogen and oxygen atoms in total. The predicted molar refractivity (Wildman–Crippen MR) is 81.0 cm³/mol. The number of rotatable bonds is 3. The molecule has 2 aromatic rings. The minimum Gasteiger partial charge on any atom is -0.378 e. The van der Waals surface area contributed by atoms with Gasteiger partial charge in [-0.3, -0.25) is 14.8 Å². The molecular formula is C14H18N6O2. The van der Waals surface area contributed by atoms with E-state index in [-0.39, 0.29) is 5.91 Å². The second kappa shape index (κ2) is 6.10. The fourth-order valence-corrected chi connectivity index (χ4v) is 2.29. The van der Waals surface area contributed by atoms with Crippen LogP contribution in [0.1, 0.15) is 16.2 Å². The first kappa shape index (κ1) is 14.5. The first-order chi connectivity index (χ1) is 10.6. The van der Waals surface area contributed by atoms with Gasteiger partial charge in [0, 0.05) is 26.3 Å². The van der Waals surface area contributed by atoms with Gasteiger partial charge in [-0.15, -0.1) is 5.10 Å². The van der Waals surface area contributed by atoms with Crippen LogP contribution in [0.5, 0.6) is 0 Å². The summed E-state index contributed by atoms with van der Waals surface area (Å²) in [7, 11) is 1.78. The molecule has 0 aromatic carbocycles. The SMILES string of the molecule is Cc1nc(NC(=O)c2cccnc2N2CCOCC2)nn1C. The number of morpholine rings is 1. The van der Waals surface area contributed by atoms with E-state index in [2.05, 4.69) is 25.3 Å². The molecule has 1 saturated heterocycles. The Kier molecular flexibility index (Phi) is 4.01. The van der Waals surface area contributed by atoms with Crippen molar-refractivity contribution in [2.75, 3.05) is 36.5 Å². The van der Waals surface area contributed by atoms with Crippen molar-refractivity contribution in [1.82, 2.24) is 19.7 Å². The highest BCUT2D eigenvalue weighted by atomic mass is 16.5. The van der Waals surface area contributed by atoms with Crippen LogP contribution in [0.15, 0.2) is 18.3 Å². The van der Waals surface area contributed by atoms with Crippen molar-refractivity contribution in [2.45, 2.75) is 6.92 Å². The van der Waals surface area contributed by atoms with Crippen LogP contribution in [0, 0.1) is 6.92 Å². The zero-order chi connectivity index (χ0) is 15.5. The fourth-order valence-electron chi connectivity index (χ4n) is 2.29. The zero-order valence-corrected chi connectivity index (χ0v) is 12.6. The normalized spacial score (nSPS) is 14.9. The lowest BCUT2D eigenvalue weighted by Gasteiger charge is -2.28. The maximum Gasteiger partial charge on any atom is 0.261 e. The highest BCUT2D eigenvalue weighted by Crippen LogP contribution is 2.19. The van der Waals surface area contributed by atoms with Gasteiger partial charge in [0.15, 0.2) is 0 Å². The number of anilines is 2. The number of pyridine rings is 1. The summed E-state index contributed by atoms with van der Waals surface area (Å²) >= 11 is 0. The molecule has 0 aliphatic carbocycles. The number of carbonyl (C=O) groups excluding carboxylic acids is 1. The lowest BCUT2D eigenvalue weighted by atomic mass is 10.2. The van der Waals surface area contributed by atoms with Crippen molar-refractivity contribution in [3.63, 3.8) is 0 Å². The van der Waals surface area contributed by atoms with E-state index in [1.807, 2.05) is 6.92 Å². The summed E-state index contributed by atoms with van der Waals surface area (Å²) in [4.78, 5) is 23.1. The molecule has 1 aliphatic heterocycles. The first-order valence-electron chi connectivity index (χ1n) is 7.12. The van der Waals surface area contributed by atoms with E-state index in [1.54, 1.807) is 30.1 Å². The van der Waals surface area contributed by atoms with Gasteiger partial charge in [0.2, 0.25) is 5.95 Å². The van der Waals surface area contributed by atoms with Gasteiger partial charge in [-0.05, 0) is 19.1 Å². The molecule has 0 bridgehead atoms. The summed E-state index contributed by atoms with van der Waals surface area (Å²) in [6.45, 7) is 4.54. The average Bonchev–Trinajstić information content (AvgIpc) is 2.86. The Morgan fingerprint density at radius 3 is 2.82 bits per heavy atom. The van der Waals surface area contributed by atoms with E-state index >= 15 is 0 Å². The van der Waals surface area contributed by atoms with Gasteiger partial charge in [-0.2, -0.15) is 4.98 Å². The molecule has 0 radical (unpaired) electrons. The number of ether oxygens (including phenoxy) is 1. The largest absolute Gasteiger partial charge is 0.378 e. The number of nitrogens with one attached hydrogen (secondary N) is 1. The van der Waals surface area contributed by atoms with Crippen molar-refractivity contribution >= 4 is 17.7 Å². The Morgan fingerprint density at radius 1 is 1.36 bits per heavy atom. The third kappa shape index (κ3) is 2.91. The van der Waals surface area contributed by atoms with Crippen LogP contribution in [0.25, 0.3) is 0 Å². The van der Waals surface area contributed by atoms with Gasteiger partial charge in [-0.25, -0.2) is 4.98 Å². The smallest absolute Gasteiger partial charge is 0.261 e. The predicted octanol–water partition coefficient (Wildman–Crippen LogP) is 0.607. The van der Waals surface area contributed by atoms with Gasteiger partial charge in [-0.1, -0.05) is 0 Å². The van der Waals surface area contributed by atoms with Gasteiger partial charge in [0.25, 0.3) is 5.91 Å². The summed E-state index contributed by atoms with van der Waals surface area (Å²) in [5.74, 6) is 1.42. The Balaban J connectivity index is 1.82. The second-order valence-electron chi connectivity index (χ2n) is 5.03. The third-order valence-electron chi connectivity index (χ3n) is 3.55. The van der Waals surface area contributed by atoms with Gasteiger partial charge < -0.3 is 9.64 Å². The minimum absolute atomic E-state index is 0.264. The Bertz CT molecular complexity index is 658. The van der Waals surface area contributed by atoms with Crippen LogP contribution in [-0.2, 0) is 11.8 Å². The Labute approximate surface area is 128 Å². The molecule has 0 spiro atoms. The molecule has 22 heavy (non-hydrogen) atoms. The summed E-state index contributed by atoms with van der Waals surface area (Å²) in [6, 6.07) is 3.50. The Hall–Kier alpha value is -2.48. The summed E-state index contributed by atoms with van der Waals surface area (Å²) < 4.78 is 6.95. The molecule has 1 amide bonds. The van der Waals surface area contributed by atoms with Crippen LogP contribution in [0.4, 0.5) is 11.8 Å². The maximum atomic E-state index is 12.5. The number of hydrogen-bond donors (Lipinski definition) is 1. The van der Waals surface area contributed by atoms with E-state index in [0.29, 0.717) is 30.5 Å². The summed E-state index contributed by atoms with van der Waals surface area (Å²) in [6.07, 6.45) is 1.69. The standard InChI is InChI=1S/C14H18N6O2/c1-10-16-14(18-19(10)2)17-13(21)11-4-3-5-15-12(11)20-6-8-22-9-7-20/h3-5H,6-9H2,1-2H3,(H,17,18,21). The van der Waals surface area contributed by atoms with Crippen molar-refractivity contribution < 1.29 is 9.53 Å². The molecular weight excluding hydrogens is 284 g/mol. The van der Waals surface area contributed by atoms with Gasteiger partial charge in [0.1, 0.15) is 11.6 Å². The van der Waals surface area contributed by atoms with Gasteiger partial charge in [0.05, 0.1) is 18.8 Å². The van der Waals surface area contributed by atoms with Crippen LogP contribution < -0.4 is 10.2 Å². The van der Waals surface area contributed by atoms with Crippen molar-refractivity contribution in [3.05, 3.63) is 29.7 Å². The maximum absolute atomic E-state index is 12.5. The quantitative estimate of drug-likeness (QED) is 0.894. The van der Waals surface area contributed by atoms with E-state index in [0.717, 1.165) is 18.9 Å². The molecule has 2 aromatic heterocycles. The number of aromatic nitrogens is 4. The lowest BCUT2D eigenvalue weighted by molar-refractivity contribution is 0.102. The molecule has 0 unspecified atom stereocenters. The fraction of sp³-hybridized carbons (Fsp3) is 0.429. The monoisotopic (exact) mass is 302 g/mol. The molecule has 116 valence electrons. The van der Waals surface area contributed by atoms with Crippen LogP contribution in [0.3, 0.4) is 0 Å². The van der Waals surface area contributed by atoms with E-state index in [4.69, 9.17) is 4.74 Å². The molecule has 0 saturated carbocycles. The summed E-state index contributed by atoms with van der Waals surface area (Å²) in [5, 5.41) is 6.86. The first-order valence-corrected chi connectivity index (χ1v) is 7.12. The summed E-state index contributed by atoms with van der Waals surface area (Å²) in [5.41, 5.74) is 0.509. The molecule has 3 rings (SSSR count). The van der Waals surface area contributed by atoms with Crippen molar-refractivity contribution in [1.29, 1.82) is 0 Å². The third-order valence-corrected chi connectivity index (χ3v) is 3.55. The molecule has 3 heterocycles. The van der Waals surface area contributed by atoms with E-state index in [9.17, 15) is 4.79 Å². The number of amides is 1. The van der Waals surface area contributed by atoms with Gasteiger partial charge >= 0.3 is 0 Å². The number of aryl methyl sites for hydroxylation is 2. The average molecular weight is 302 g/mol. The van der Waals surface area contributed by atoms with Crippen molar-refractivity contribution in [3.8, 4) is 0 Å². The second-order valence-corrected chi connectivity index (χ2v) is 5.03. The topological polar surface area (TPSA) is 85.2 Å². The molecule has 0 atom stereocenters. The van der Waals surface area contributed by atoms with Crippen LogP contribution in [0.2, 0.25) is 0 Å². The highest BCUT2D eigenvalue weighted by molar-refractivity contribution is 6.06. The Morgan fingerprint density at radius 2 is 2.14 bits per heavy atom. The number of nitrogens with zero attached hydrogens (tertiary/aromatic N) is 5. The van der Waals surface area contributed by atoms with Crippen molar-refractivity contribution in [2.24, 2.45) is 7.05 Å². The zero-order valence-electron chi connectivity index (χ0n) is 12.6. The molecule has 1 N–H and O–H groups in total. The van der Waals surface area contributed by atoms with E-state index in [1.165, 1.54) is 0 Å². The minimum atomic E-state index is -0.264. The molecule has 8 heteroatoms. The van der Waals surface area contributed by atoms with E-state index < -0.39 is 0 Å². The lowest BCUT2D eigenvalue weighted by Crippen LogP contribution is -2.38. The number of hydrogen-bond acceptors (Lipinski definition) is 6. The number of carbonyl (C=O) groups is 1. The van der Waals surface area contributed by atoms with Crippen LogP contribution in [-0.4, -0.2) is 52.0 Å². The molecule has 1 fully saturated rings. The molecule has 1 aliphatic rings. The van der Waals surface area contributed by atoms with Crippen LogP contribution >= 0.6 is 0 Å². The highest BCUT2D eigenvalue weighted by Gasteiger charge is 2.20.